The third-order valence-electron chi connectivity index (χ3n) is 4.02. The minimum absolute atomic E-state index is 0.390. The van der Waals surface area contributed by atoms with Crippen LogP contribution in [-0.2, 0) is 20.9 Å². The number of hydrogen-bond acceptors (Lipinski definition) is 4. The van der Waals surface area contributed by atoms with Gasteiger partial charge in [-0.25, -0.2) is 4.79 Å². The van der Waals surface area contributed by atoms with E-state index in [1.54, 1.807) is 6.20 Å². The minimum atomic E-state index is -0.999. The summed E-state index contributed by atoms with van der Waals surface area (Å²) >= 11 is 0. The van der Waals surface area contributed by atoms with E-state index in [1.807, 2.05) is 59.2 Å². The SMILES string of the molecule is COC(=O)C(=O)CC(=O)c1cn(Cc2ccccc2)c2ccccc12. The Morgan fingerprint density at radius 3 is 2.36 bits per heavy atom. The Labute approximate surface area is 144 Å². The summed E-state index contributed by atoms with van der Waals surface area (Å²) in [6.07, 6.45) is 1.25. The molecule has 3 aromatic rings. The molecule has 0 atom stereocenters. The number of para-hydroxylation sites is 1. The van der Waals surface area contributed by atoms with E-state index >= 15 is 0 Å². The number of Topliss-reactive ketones (excluding diaryl/α,β-unsaturated/α-hetero) is 2. The standard InChI is InChI=1S/C20H17NO4/c1-25-20(24)19(23)11-18(22)16-13-21(12-14-7-3-2-4-8-14)17-10-6-5-9-15(16)17/h2-10,13H,11-12H2,1H3. The molecule has 5 heteroatoms. The number of fused-ring (bicyclic) bond motifs is 1. The van der Waals surface area contributed by atoms with Crippen molar-refractivity contribution >= 4 is 28.4 Å². The fraction of sp³-hybridized carbons (Fsp3) is 0.150. The largest absolute Gasteiger partial charge is 0.463 e. The summed E-state index contributed by atoms with van der Waals surface area (Å²) in [4.78, 5) is 35.5. The molecule has 1 heterocycles. The van der Waals surface area contributed by atoms with E-state index in [4.69, 9.17) is 0 Å². The highest BCUT2D eigenvalue weighted by Gasteiger charge is 2.22. The quantitative estimate of drug-likeness (QED) is 0.301. The summed E-state index contributed by atoms with van der Waals surface area (Å²) in [6, 6.07) is 17.4. The van der Waals surface area contributed by atoms with Crippen LogP contribution in [0.5, 0.6) is 0 Å². The molecule has 0 aliphatic carbocycles. The predicted molar refractivity (Wildman–Crippen MR) is 93.5 cm³/mol. The number of carbonyl (C=O) groups excluding carboxylic acids is 3. The number of hydrogen-bond donors (Lipinski definition) is 0. The van der Waals surface area contributed by atoms with Gasteiger partial charge in [0.05, 0.1) is 13.5 Å². The molecule has 5 nitrogen and oxygen atoms in total. The summed E-state index contributed by atoms with van der Waals surface area (Å²) in [6.45, 7) is 0.611. The maximum Gasteiger partial charge on any atom is 0.374 e. The third kappa shape index (κ3) is 3.50. The van der Waals surface area contributed by atoms with Gasteiger partial charge in [-0.3, -0.25) is 9.59 Å². The van der Waals surface area contributed by atoms with Gasteiger partial charge in [-0.15, -0.1) is 0 Å². The van der Waals surface area contributed by atoms with Crippen molar-refractivity contribution in [2.75, 3.05) is 7.11 Å². The lowest BCUT2D eigenvalue weighted by Crippen LogP contribution is -2.19. The molecule has 0 N–H and O–H groups in total. The number of benzene rings is 2. The summed E-state index contributed by atoms with van der Waals surface area (Å²) in [5.74, 6) is -2.23. The van der Waals surface area contributed by atoms with E-state index in [-0.39, 0.29) is 0 Å². The molecule has 0 fully saturated rings. The second kappa shape index (κ2) is 7.13. The number of rotatable bonds is 6. The first kappa shape index (κ1) is 16.6. The fourth-order valence-electron chi connectivity index (χ4n) is 2.81. The van der Waals surface area contributed by atoms with Crippen LogP contribution in [0, 0.1) is 0 Å². The molecule has 0 amide bonds. The summed E-state index contributed by atoms with van der Waals surface area (Å²) < 4.78 is 6.35. The average Bonchev–Trinajstić information content (AvgIpc) is 3.00. The number of ether oxygens (including phenoxy) is 1. The van der Waals surface area contributed by atoms with Gasteiger partial charge in [0.25, 0.3) is 0 Å². The van der Waals surface area contributed by atoms with Crippen LogP contribution in [0.25, 0.3) is 10.9 Å². The first-order valence-corrected chi connectivity index (χ1v) is 7.86. The summed E-state index contributed by atoms with van der Waals surface area (Å²) in [5, 5.41) is 0.765. The van der Waals surface area contributed by atoms with Crippen LogP contribution in [0.4, 0.5) is 0 Å². The second-order valence-corrected chi connectivity index (χ2v) is 5.69. The minimum Gasteiger partial charge on any atom is -0.463 e. The van der Waals surface area contributed by atoms with Crippen molar-refractivity contribution in [2.24, 2.45) is 0 Å². The number of ketones is 2. The Morgan fingerprint density at radius 1 is 0.960 bits per heavy atom. The van der Waals surface area contributed by atoms with Crippen molar-refractivity contribution in [3.63, 3.8) is 0 Å². The van der Waals surface area contributed by atoms with E-state index < -0.39 is 24.0 Å². The van der Waals surface area contributed by atoms with E-state index in [1.165, 1.54) is 0 Å². The molecular formula is C20H17NO4. The Hall–Kier alpha value is -3.21. The van der Waals surface area contributed by atoms with E-state index in [0.717, 1.165) is 23.6 Å². The lowest BCUT2D eigenvalue weighted by Gasteiger charge is -2.05. The maximum atomic E-state index is 12.5. The first-order chi connectivity index (χ1) is 12.1. The van der Waals surface area contributed by atoms with Crippen molar-refractivity contribution in [1.82, 2.24) is 4.57 Å². The predicted octanol–water partition coefficient (Wildman–Crippen LogP) is 3.00. The lowest BCUT2D eigenvalue weighted by atomic mass is 10.1. The smallest absolute Gasteiger partial charge is 0.374 e. The average molecular weight is 335 g/mol. The van der Waals surface area contributed by atoms with Crippen molar-refractivity contribution < 1.29 is 19.1 Å². The number of aromatic nitrogens is 1. The van der Waals surface area contributed by atoms with E-state index in [9.17, 15) is 14.4 Å². The maximum absolute atomic E-state index is 12.5. The lowest BCUT2D eigenvalue weighted by molar-refractivity contribution is -0.151. The van der Waals surface area contributed by atoms with Crippen LogP contribution in [0.2, 0.25) is 0 Å². The number of esters is 1. The Morgan fingerprint density at radius 2 is 1.64 bits per heavy atom. The molecule has 25 heavy (non-hydrogen) atoms. The van der Waals surface area contributed by atoms with Gasteiger partial charge in [-0.2, -0.15) is 0 Å². The molecule has 2 aromatic carbocycles. The Bertz CT molecular complexity index is 941. The van der Waals surface area contributed by atoms with Crippen LogP contribution in [-0.4, -0.2) is 29.2 Å². The topological polar surface area (TPSA) is 65.4 Å². The van der Waals surface area contributed by atoms with Gasteiger partial charge < -0.3 is 9.30 Å². The van der Waals surface area contributed by atoms with Gasteiger partial charge in [0.15, 0.2) is 5.78 Å². The van der Waals surface area contributed by atoms with Crippen LogP contribution in [0.3, 0.4) is 0 Å². The molecule has 3 rings (SSSR count). The zero-order valence-corrected chi connectivity index (χ0v) is 13.8. The second-order valence-electron chi connectivity index (χ2n) is 5.69. The highest BCUT2D eigenvalue weighted by Crippen LogP contribution is 2.23. The molecule has 0 radical (unpaired) electrons. The number of carbonyl (C=O) groups is 3. The molecule has 0 aliphatic rings. The van der Waals surface area contributed by atoms with Gasteiger partial charge in [0.2, 0.25) is 5.78 Å². The monoisotopic (exact) mass is 335 g/mol. The highest BCUT2D eigenvalue weighted by molar-refractivity contribution is 6.38. The Kier molecular flexibility index (Phi) is 4.75. The van der Waals surface area contributed by atoms with E-state index in [0.29, 0.717) is 12.1 Å². The zero-order valence-electron chi connectivity index (χ0n) is 13.8. The van der Waals surface area contributed by atoms with Gasteiger partial charge in [0.1, 0.15) is 0 Å². The molecule has 0 saturated carbocycles. The molecule has 1 aromatic heterocycles. The van der Waals surface area contributed by atoms with Crippen LogP contribution in [0.15, 0.2) is 60.8 Å². The molecule has 0 spiro atoms. The van der Waals surface area contributed by atoms with Crippen molar-refractivity contribution in [1.29, 1.82) is 0 Å². The summed E-state index contributed by atoms with van der Waals surface area (Å²) in [7, 11) is 1.12. The third-order valence-corrected chi connectivity index (χ3v) is 4.02. The number of methoxy groups -OCH3 is 1. The molecule has 0 saturated heterocycles. The van der Waals surface area contributed by atoms with Gasteiger partial charge in [-0.1, -0.05) is 48.5 Å². The zero-order chi connectivity index (χ0) is 17.8. The molecular weight excluding hydrogens is 318 g/mol. The van der Waals surface area contributed by atoms with Crippen LogP contribution >= 0.6 is 0 Å². The van der Waals surface area contributed by atoms with Gasteiger partial charge in [0, 0.05) is 29.2 Å². The molecule has 0 aliphatic heterocycles. The highest BCUT2D eigenvalue weighted by atomic mass is 16.5. The molecule has 126 valence electrons. The van der Waals surface area contributed by atoms with E-state index in [2.05, 4.69) is 4.74 Å². The Balaban J connectivity index is 1.95. The van der Waals surface area contributed by atoms with Crippen molar-refractivity contribution in [2.45, 2.75) is 13.0 Å². The molecule has 0 bridgehead atoms. The van der Waals surface area contributed by atoms with Gasteiger partial charge in [-0.05, 0) is 11.6 Å². The number of nitrogens with zero attached hydrogens (tertiary/aromatic N) is 1. The normalized spacial score (nSPS) is 10.6. The fourth-order valence-corrected chi connectivity index (χ4v) is 2.81. The van der Waals surface area contributed by atoms with Crippen LogP contribution < -0.4 is 0 Å². The van der Waals surface area contributed by atoms with Crippen molar-refractivity contribution in [3.8, 4) is 0 Å². The van der Waals surface area contributed by atoms with Crippen molar-refractivity contribution in [3.05, 3.63) is 71.9 Å². The summed E-state index contributed by atoms with van der Waals surface area (Å²) in [5.41, 5.74) is 2.44. The van der Waals surface area contributed by atoms with Gasteiger partial charge >= 0.3 is 5.97 Å². The first-order valence-electron chi connectivity index (χ1n) is 7.86. The molecule has 0 unspecified atom stereocenters. The van der Waals surface area contributed by atoms with Crippen LogP contribution in [0.1, 0.15) is 22.3 Å².